The molecule has 1 N–H and O–H groups in total. The average Bonchev–Trinajstić information content (AvgIpc) is 2.45. The zero-order valence-corrected chi connectivity index (χ0v) is 10.7. The molecule has 21 heavy (non-hydrogen) atoms. The molecule has 2 aromatic carbocycles. The first-order valence-electron chi connectivity index (χ1n) is 5.93. The molecule has 0 spiro atoms. The van der Waals surface area contributed by atoms with Crippen LogP contribution in [0.25, 0.3) is 6.08 Å². The van der Waals surface area contributed by atoms with Crippen LogP contribution in [0, 0.1) is 15.9 Å². The van der Waals surface area contributed by atoms with Crippen LogP contribution in [0.2, 0.25) is 0 Å². The van der Waals surface area contributed by atoms with Crippen LogP contribution in [0.15, 0.2) is 48.5 Å². The highest BCUT2D eigenvalue weighted by atomic mass is 19.1. The van der Waals surface area contributed by atoms with Crippen molar-refractivity contribution in [3.63, 3.8) is 0 Å². The second-order valence-electron chi connectivity index (χ2n) is 4.21. The molecule has 0 aliphatic heterocycles. The Balaban J connectivity index is 2.23. The number of phenols is 1. The topological polar surface area (TPSA) is 80.4 Å². The Hall–Kier alpha value is -3.02. The zero-order valence-electron chi connectivity index (χ0n) is 10.7. The quantitative estimate of drug-likeness (QED) is 0.405. The molecule has 0 radical (unpaired) electrons. The molecular weight excluding hydrogens is 277 g/mol. The van der Waals surface area contributed by atoms with Crippen LogP contribution in [0.3, 0.4) is 0 Å². The van der Waals surface area contributed by atoms with E-state index in [-0.39, 0.29) is 5.56 Å². The fraction of sp³-hybridized carbons (Fsp3) is 0. The third-order valence-corrected chi connectivity index (χ3v) is 2.73. The number of benzene rings is 2. The van der Waals surface area contributed by atoms with Gasteiger partial charge in [-0.2, -0.15) is 0 Å². The van der Waals surface area contributed by atoms with Crippen LogP contribution in [0.5, 0.6) is 5.75 Å². The van der Waals surface area contributed by atoms with Crippen molar-refractivity contribution in [2.75, 3.05) is 0 Å². The van der Waals surface area contributed by atoms with Crippen LogP contribution in [-0.4, -0.2) is 15.8 Å². The summed E-state index contributed by atoms with van der Waals surface area (Å²) in [5, 5.41) is 20.0. The smallest absolute Gasteiger partial charge is 0.311 e. The molecule has 6 heteroatoms. The van der Waals surface area contributed by atoms with Crippen molar-refractivity contribution in [3.05, 3.63) is 75.6 Å². The minimum absolute atomic E-state index is 0.180. The van der Waals surface area contributed by atoms with E-state index in [4.69, 9.17) is 0 Å². The van der Waals surface area contributed by atoms with E-state index in [9.17, 15) is 24.4 Å². The monoisotopic (exact) mass is 287 g/mol. The highest BCUT2D eigenvalue weighted by Gasteiger charge is 2.12. The minimum Gasteiger partial charge on any atom is -0.502 e. The maximum Gasteiger partial charge on any atom is 0.311 e. The van der Waals surface area contributed by atoms with Gasteiger partial charge >= 0.3 is 5.69 Å². The van der Waals surface area contributed by atoms with E-state index < -0.39 is 28.0 Å². The van der Waals surface area contributed by atoms with Gasteiger partial charge in [0.25, 0.3) is 0 Å². The molecule has 0 saturated heterocycles. The molecule has 0 aliphatic rings. The number of halogens is 1. The molecule has 0 bridgehead atoms. The number of ketones is 1. The van der Waals surface area contributed by atoms with Gasteiger partial charge in [-0.3, -0.25) is 14.9 Å². The minimum atomic E-state index is -0.721. The Morgan fingerprint density at radius 3 is 2.67 bits per heavy atom. The summed E-state index contributed by atoms with van der Waals surface area (Å²) in [6.45, 7) is 0. The van der Waals surface area contributed by atoms with E-state index in [2.05, 4.69) is 0 Å². The molecule has 0 amide bonds. The number of allylic oxidation sites excluding steroid dienone is 1. The van der Waals surface area contributed by atoms with E-state index in [1.807, 2.05) is 0 Å². The number of nitro groups is 1. The molecule has 5 nitrogen and oxygen atoms in total. The molecule has 0 aromatic heterocycles. The highest BCUT2D eigenvalue weighted by molar-refractivity contribution is 6.06. The van der Waals surface area contributed by atoms with Crippen LogP contribution >= 0.6 is 0 Å². The second kappa shape index (κ2) is 5.96. The average molecular weight is 287 g/mol. The fourth-order valence-electron chi connectivity index (χ4n) is 1.70. The molecule has 0 heterocycles. The SMILES string of the molecule is O=C(/C=C/c1ccc(O)c([N+](=O)[O-])c1)c1cccc(F)c1. The van der Waals surface area contributed by atoms with Crippen molar-refractivity contribution in [3.8, 4) is 5.75 Å². The first kappa shape index (κ1) is 14.4. The third-order valence-electron chi connectivity index (χ3n) is 2.73. The predicted octanol–water partition coefficient (Wildman–Crippen LogP) is 3.34. The number of nitrogens with zero attached hydrogens (tertiary/aromatic N) is 1. The second-order valence-corrected chi connectivity index (χ2v) is 4.21. The van der Waals surface area contributed by atoms with Gasteiger partial charge in [0.2, 0.25) is 0 Å². The number of nitro benzene ring substituents is 1. The number of carbonyl (C=O) groups is 1. The van der Waals surface area contributed by atoms with Crippen molar-refractivity contribution in [2.45, 2.75) is 0 Å². The van der Waals surface area contributed by atoms with Gasteiger partial charge in [-0.15, -0.1) is 0 Å². The first-order valence-corrected chi connectivity index (χ1v) is 5.93. The summed E-state index contributed by atoms with van der Waals surface area (Å²) in [7, 11) is 0. The molecule has 2 rings (SSSR count). The maximum absolute atomic E-state index is 13.0. The molecule has 2 aromatic rings. The van der Waals surface area contributed by atoms with Gasteiger partial charge in [0.15, 0.2) is 11.5 Å². The van der Waals surface area contributed by atoms with E-state index in [0.717, 1.165) is 12.1 Å². The Labute approximate surface area is 119 Å². The summed E-state index contributed by atoms with van der Waals surface area (Å²) in [6.07, 6.45) is 2.55. The van der Waals surface area contributed by atoms with Crippen molar-refractivity contribution in [1.82, 2.24) is 0 Å². The van der Waals surface area contributed by atoms with Crippen molar-refractivity contribution < 1.29 is 19.2 Å². The van der Waals surface area contributed by atoms with E-state index in [0.29, 0.717) is 5.56 Å². The van der Waals surface area contributed by atoms with Gasteiger partial charge in [0.05, 0.1) is 4.92 Å². The summed E-state index contributed by atoms with van der Waals surface area (Å²) in [5.74, 6) is -1.40. The maximum atomic E-state index is 13.0. The van der Waals surface area contributed by atoms with Gasteiger partial charge in [-0.05, 0) is 29.8 Å². The summed E-state index contributed by atoms with van der Waals surface area (Å²) in [6, 6.07) is 8.96. The third kappa shape index (κ3) is 3.50. The number of phenolic OH excluding ortho intramolecular Hbond substituents is 1. The molecule has 106 valence electrons. The lowest BCUT2D eigenvalue weighted by Crippen LogP contribution is -1.94. The van der Waals surface area contributed by atoms with E-state index in [1.165, 1.54) is 42.5 Å². The lowest BCUT2D eigenvalue weighted by molar-refractivity contribution is -0.385. The Morgan fingerprint density at radius 2 is 2.00 bits per heavy atom. The number of rotatable bonds is 4. The number of hydrogen-bond acceptors (Lipinski definition) is 4. The van der Waals surface area contributed by atoms with Gasteiger partial charge in [0.1, 0.15) is 5.82 Å². The van der Waals surface area contributed by atoms with Gasteiger partial charge in [0, 0.05) is 11.6 Å². The van der Waals surface area contributed by atoms with Crippen LogP contribution in [0.1, 0.15) is 15.9 Å². The van der Waals surface area contributed by atoms with Crippen molar-refractivity contribution >= 4 is 17.5 Å². The summed E-state index contributed by atoms with van der Waals surface area (Å²) >= 11 is 0. The van der Waals surface area contributed by atoms with Gasteiger partial charge in [-0.25, -0.2) is 4.39 Å². The lowest BCUT2D eigenvalue weighted by atomic mass is 10.1. The van der Waals surface area contributed by atoms with Crippen LogP contribution < -0.4 is 0 Å². The van der Waals surface area contributed by atoms with E-state index in [1.54, 1.807) is 0 Å². The van der Waals surface area contributed by atoms with E-state index >= 15 is 0 Å². The fourth-order valence-corrected chi connectivity index (χ4v) is 1.70. The molecule has 0 unspecified atom stereocenters. The molecular formula is C15H10FNO4. The highest BCUT2D eigenvalue weighted by Crippen LogP contribution is 2.26. The van der Waals surface area contributed by atoms with Crippen molar-refractivity contribution in [1.29, 1.82) is 0 Å². The largest absolute Gasteiger partial charge is 0.502 e. The van der Waals surface area contributed by atoms with Crippen LogP contribution in [0.4, 0.5) is 10.1 Å². The molecule has 0 atom stereocenters. The zero-order chi connectivity index (χ0) is 15.4. The molecule has 0 saturated carbocycles. The number of aromatic hydroxyl groups is 1. The summed E-state index contributed by atoms with van der Waals surface area (Å²) < 4.78 is 13.0. The van der Waals surface area contributed by atoms with Crippen LogP contribution in [-0.2, 0) is 0 Å². The number of hydrogen-bond donors (Lipinski definition) is 1. The number of carbonyl (C=O) groups excluding carboxylic acids is 1. The predicted molar refractivity (Wildman–Crippen MR) is 74.5 cm³/mol. The first-order chi connectivity index (χ1) is 9.97. The Bertz CT molecular complexity index is 740. The van der Waals surface area contributed by atoms with Gasteiger partial charge in [-0.1, -0.05) is 24.3 Å². The Kier molecular flexibility index (Phi) is 4.08. The molecule has 0 fully saturated rings. The van der Waals surface area contributed by atoms with Crippen molar-refractivity contribution in [2.24, 2.45) is 0 Å². The Morgan fingerprint density at radius 1 is 1.24 bits per heavy atom. The molecule has 0 aliphatic carbocycles. The summed E-state index contributed by atoms with van der Waals surface area (Å²) in [4.78, 5) is 21.8. The van der Waals surface area contributed by atoms with Gasteiger partial charge < -0.3 is 5.11 Å². The standard InChI is InChI=1S/C15H10FNO4/c16-12-3-1-2-11(9-12)14(18)6-4-10-5-7-15(19)13(8-10)17(20)21/h1-9,19H/b6-4+. The normalized spacial score (nSPS) is 10.7. The summed E-state index contributed by atoms with van der Waals surface area (Å²) in [5.41, 5.74) is 0.110. The lowest BCUT2D eigenvalue weighted by Gasteiger charge is -1.98.